The molecule has 0 unspecified atom stereocenters. The number of nitrogens with one attached hydrogen (secondary N) is 2. The van der Waals surface area contributed by atoms with Gasteiger partial charge in [0, 0.05) is 24.3 Å². The van der Waals surface area contributed by atoms with Crippen molar-refractivity contribution in [2.24, 2.45) is 0 Å². The molecule has 4 heteroatoms. The Bertz CT molecular complexity index is 397. The molecule has 1 fully saturated rings. The molecule has 0 amide bonds. The maximum atomic E-state index is 4.62. The number of hydrogen-bond donors (Lipinski definition) is 2. The maximum absolute atomic E-state index is 4.62. The van der Waals surface area contributed by atoms with Crippen LogP contribution in [0.25, 0.3) is 0 Å². The lowest BCUT2D eigenvalue weighted by Gasteiger charge is -2.22. The molecule has 0 bridgehead atoms. The summed E-state index contributed by atoms with van der Waals surface area (Å²) in [4.78, 5) is 8.97. The third-order valence-corrected chi connectivity index (χ3v) is 3.95. The smallest absolute Gasteiger partial charge is 0.224 e. The minimum Gasteiger partial charge on any atom is -0.367 e. The molecule has 2 rings (SSSR count). The minimum atomic E-state index is 0.572. The number of aryl methyl sites for hydroxylation is 1. The molecule has 1 aromatic rings. The summed E-state index contributed by atoms with van der Waals surface area (Å²) in [5, 5.41) is 6.90. The van der Waals surface area contributed by atoms with Crippen LogP contribution in [0.1, 0.15) is 63.9 Å². The molecule has 0 spiro atoms. The van der Waals surface area contributed by atoms with Crippen LogP contribution in [0.4, 0.5) is 11.8 Å². The van der Waals surface area contributed by atoms with E-state index in [2.05, 4.69) is 34.4 Å². The molecule has 20 heavy (non-hydrogen) atoms. The Morgan fingerprint density at radius 1 is 1.15 bits per heavy atom. The number of hydrogen-bond acceptors (Lipinski definition) is 4. The van der Waals surface area contributed by atoms with Gasteiger partial charge < -0.3 is 10.6 Å². The maximum Gasteiger partial charge on any atom is 0.224 e. The number of anilines is 2. The van der Waals surface area contributed by atoms with Crippen LogP contribution in [0.15, 0.2) is 6.20 Å². The highest BCUT2D eigenvalue weighted by atomic mass is 15.1. The lowest BCUT2D eigenvalue weighted by molar-refractivity contribution is 0.470. The largest absolute Gasteiger partial charge is 0.367 e. The van der Waals surface area contributed by atoms with Gasteiger partial charge in [-0.25, -0.2) is 4.98 Å². The monoisotopic (exact) mass is 276 g/mol. The van der Waals surface area contributed by atoms with E-state index < -0.39 is 0 Å². The SMILES string of the molecule is CCCNc1ncc(C)c(NC2CCCCCCC2)n1. The normalized spacial score (nSPS) is 17.3. The summed E-state index contributed by atoms with van der Waals surface area (Å²) in [6.07, 6.45) is 12.4. The summed E-state index contributed by atoms with van der Waals surface area (Å²) in [6.45, 7) is 5.15. The van der Waals surface area contributed by atoms with Crippen molar-refractivity contribution in [2.45, 2.75) is 71.3 Å². The van der Waals surface area contributed by atoms with Crippen molar-refractivity contribution in [3.8, 4) is 0 Å². The van der Waals surface area contributed by atoms with Crippen molar-refractivity contribution >= 4 is 11.8 Å². The summed E-state index contributed by atoms with van der Waals surface area (Å²) in [5.41, 5.74) is 1.13. The van der Waals surface area contributed by atoms with Crippen molar-refractivity contribution in [2.75, 3.05) is 17.2 Å². The predicted octanol–water partition coefficient (Wildman–Crippen LogP) is 4.13. The van der Waals surface area contributed by atoms with Gasteiger partial charge >= 0.3 is 0 Å². The van der Waals surface area contributed by atoms with Gasteiger partial charge in [0.15, 0.2) is 0 Å². The van der Waals surface area contributed by atoms with E-state index in [-0.39, 0.29) is 0 Å². The molecule has 0 aromatic carbocycles. The molecule has 0 saturated heterocycles. The highest BCUT2D eigenvalue weighted by Gasteiger charge is 2.13. The molecule has 0 aliphatic heterocycles. The summed E-state index contributed by atoms with van der Waals surface area (Å²) in [5.74, 6) is 1.75. The van der Waals surface area contributed by atoms with Gasteiger partial charge in [-0.05, 0) is 26.2 Å². The standard InChI is InChI=1S/C16H28N4/c1-3-11-17-16-18-12-13(2)15(20-16)19-14-9-7-5-4-6-8-10-14/h12,14H,3-11H2,1-2H3,(H2,17,18,19,20). The fraction of sp³-hybridized carbons (Fsp3) is 0.750. The van der Waals surface area contributed by atoms with Crippen LogP contribution in [-0.4, -0.2) is 22.6 Å². The lowest BCUT2D eigenvalue weighted by Crippen LogP contribution is -2.22. The van der Waals surface area contributed by atoms with E-state index in [0.29, 0.717) is 6.04 Å². The molecular formula is C16H28N4. The predicted molar refractivity (Wildman–Crippen MR) is 85.3 cm³/mol. The molecular weight excluding hydrogens is 248 g/mol. The highest BCUT2D eigenvalue weighted by molar-refractivity contribution is 5.47. The zero-order chi connectivity index (χ0) is 14.2. The first-order valence-corrected chi connectivity index (χ1v) is 8.13. The summed E-state index contributed by atoms with van der Waals surface area (Å²) in [6, 6.07) is 0.572. The number of aromatic nitrogens is 2. The summed E-state index contributed by atoms with van der Waals surface area (Å²) < 4.78 is 0. The molecule has 2 N–H and O–H groups in total. The third-order valence-electron chi connectivity index (χ3n) is 3.95. The Morgan fingerprint density at radius 2 is 1.85 bits per heavy atom. The van der Waals surface area contributed by atoms with Crippen molar-refractivity contribution in [1.82, 2.24) is 9.97 Å². The Morgan fingerprint density at radius 3 is 2.55 bits per heavy atom. The van der Waals surface area contributed by atoms with Gasteiger partial charge in [0.2, 0.25) is 5.95 Å². The molecule has 1 aliphatic carbocycles. The lowest BCUT2D eigenvalue weighted by atomic mass is 9.96. The van der Waals surface area contributed by atoms with E-state index >= 15 is 0 Å². The molecule has 4 nitrogen and oxygen atoms in total. The van der Waals surface area contributed by atoms with E-state index in [0.717, 1.165) is 30.3 Å². The van der Waals surface area contributed by atoms with E-state index in [4.69, 9.17) is 0 Å². The van der Waals surface area contributed by atoms with Crippen LogP contribution in [0.3, 0.4) is 0 Å². The fourth-order valence-corrected chi connectivity index (χ4v) is 2.70. The van der Waals surface area contributed by atoms with E-state index in [1.54, 1.807) is 0 Å². The van der Waals surface area contributed by atoms with Gasteiger partial charge in [-0.2, -0.15) is 4.98 Å². The van der Waals surface area contributed by atoms with Crippen LogP contribution in [0.2, 0.25) is 0 Å². The average molecular weight is 276 g/mol. The first-order valence-electron chi connectivity index (χ1n) is 8.13. The van der Waals surface area contributed by atoms with Crippen LogP contribution < -0.4 is 10.6 Å². The van der Waals surface area contributed by atoms with Gasteiger partial charge in [-0.15, -0.1) is 0 Å². The Hall–Kier alpha value is -1.32. The van der Waals surface area contributed by atoms with E-state index in [9.17, 15) is 0 Å². The highest BCUT2D eigenvalue weighted by Crippen LogP contribution is 2.21. The average Bonchev–Trinajstić information content (AvgIpc) is 2.42. The topological polar surface area (TPSA) is 49.8 Å². The van der Waals surface area contributed by atoms with Crippen molar-refractivity contribution in [3.63, 3.8) is 0 Å². The first-order chi connectivity index (χ1) is 9.79. The second kappa shape index (κ2) is 8.08. The molecule has 1 saturated carbocycles. The molecule has 0 radical (unpaired) electrons. The van der Waals surface area contributed by atoms with Crippen molar-refractivity contribution in [1.29, 1.82) is 0 Å². The van der Waals surface area contributed by atoms with Gasteiger partial charge in [0.25, 0.3) is 0 Å². The number of rotatable bonds is 5. The Labute approximate surface area is 122 Å². The van der Waals surface area contributed by atoms with Gasteiger partial charge in [-0.3, -0.25) is 0 Å². The molecule has 1 heterocycles. The minimum absolute atomic E-state index is 0.572. The molecule has 0 atom stereocenters. The fourth-order valence-electron chi connectivity index (χ4n) is 2.70. The van der Waals surface area contributed by atoms with Crippen LogP contribution in [-0.2, 0) is 0 Å². The van der Waals surface area contributed by atoms with Crippen LogP contribution in [0.5, 0.6) is 0 Å². The zero-order valence-electron chi connectivity index (χ0n) is 12.9. The van der Waals surface area contributed by atoms with Crippen molar-refractivity contribution in [3.05, 3.63) is 11.8 Å². The van der Waals surface area contributed by atoms with Crippen molar-refractivity contribution < 1.29 is 0 Å². The van der Waals surface area contributed by atoms with E-state index in [1.807, 2.05) is 6.20 Å². The zero-order valence-corrected chi connectivity index (χ0v) is 12.9. The Kier molecular flexibility index (Phi) is 6.09. The van der Waals surface area contributed by atoms with Crippen LogP contribution >= 0.6 is 0 Å². The van der Waals surface area contributed by atoms with E-state index in [1.165, 1.54) is 44.9 Å². The second-order valence-corrected chi connectivity index (χ2v) is 5.84. The van der Waals surface area contributed by atoms with Gasteiger partial charge in [-0.1, -0.05) is 39.0 Å². The quantitative estimate of drug-likeness (QED) is 0.849. The summed E-state index contributed by atoms with van der Waals surface area (Å²) >= 11 is 0. The van der Waals surface area contributed by atoms with Gasteiger partial charge in [0.1, 0.15) is 5.82 Å². The second-order valence-electron chi connectivity index (χ2n) is 5.84. The Balaban J connectivity index is 1.98. The van der Waals surface area contributed by atoms with Crippen LogP contribution in [0, 0.1) is 6.92 Å². The first kappa shape index (κ1) is 15.1. The molecule has 1 aliphatic rings. The van der Waals surface area contributed by atoms with Gasteiger partial charge in [0.05, 0.1) is 0 Å². The summed E-state index contributed by atoms with van der Waals surface area (Å²) in [7, 11) is 0. The third kappa shape index (κ3) is 4.66. The number of nitrogens with zero attached hydrogens (tertiary/aromatic N) is 2. The molecule has 1 aromatic heterocycles. The molecule has 112 valence electrons.